The first-order chi connectivity index (χ1) is 14.6. The number of aromatic nitrogens is 2. The summed E-state index contributed by atoms with van der Waals surface area (Å²) in [5, 5.41) is 6.98. The quantitative estimate of drug-likeness (QED) is 0.626. The monoisotopic (exact) mass is 407 g/mol. The number of carbonyl (C=O) groups excluding carboxylic acids is 2. The van der Waals surface area contributed by atoms with Crippen molar-refractivity contribution in [3.63, 3.8) is 0 Å². The van der Waals surface area contributed by atoms with Crippen LogP contribution in [0.25, 0.3) is 0 Å². The first kappa shape index (κ1) is 19.9. The van der Waals surface area contributed by atoms with Gasteiger partial charge >= 0.3 is 0 Å². The lowest BCUT2D eigenvalue weighted by atomic mass is 9.97. The molecule has 30 heavy (non-hydrogen) atoms. The normalized spacial score (nSPS) is 17.0. The maximum Gasteiger partial charge on any atom is 0.291 e. The standard InChI is InChI=1S/C22H25N5O3/c23-21(28)17-3-1-11-26(14-17)13-16-4-6-18(7-5-16)25-22(29)20-9-8-19(30-20)15-27-12-2-10-24-27/h2,4-10,12,17H,1,3,11,13-15H2,(H2,23,28)(H,25,29). The van der Waals surface area contributed by atoms with Crippen molar-refractivity contribution in [1.82, 2.24) is 14.7 Å². The van der Waals surface area contributed by atoms with Gasteiger partial charge in [-0.1, -0.05) is 12.1 Å². The van der Waals surface area contributed by atoms with Crippen molar-refractivity contribution in [2.75, 3.05) is 18.4 Å². The number of anilines is 1. The Hall–Kier alpha value is -3.39. The molecular formula is C22H25N5O3. The van der Waals surface area contributed by atoms with Crippen molar-refractivity contribution in [1.29, 1.82) is 0 Å². The number of likely N-dealkylation sites (tertiary alicyclic amines) is 1. The van der Waals surface area contributed by atoms with Crippen molar-refractivity contribution in [2.24, 2.45) is 11.7 Å². The number of nitrogens with one attached hydrogen (secondary N) is 1. The van der Waals surface area contributed by atoms with Gasteiger partial charge in [-0.05, 0) is 55.3 Å². The van der Waals surface area contributed by atoms with E-state index in [0.717, 1.165) is 31.5 Å². The van der Waals surface area contributed by atoms with E-state index in [1.165, 1.54) is 0 Å². The summed E-state index contributed by atoms with van der Waals surface area (Å²) in [5.74, 6) is 0.337. The van der Waals surface area contributed by atoms with Crippen molar-refractivity contribution in [2.45, 2.75) is 25.9 Å². The van der Waals surface area contributed by atoms with Crippen molar-refractivity contribution < 1.29 is 14.0 Å². The van der Waals surface area contributed by atoms with E-state index >= 15 is 0 Å². The van der Waals surface area contributed by atoms with Gasteiger partial charge in [-0.3, -0.25) is 19.2 Å². The zero-order valence-corrected chi connectivity index (χ0v) is 16.7. The molecule has 3 N–H and O–H groups in total. The summed E-state index contributed by atoms with van der Waals surface area (Å²) in [6, 6.07) is 13.0. The second-order valence-corrected chi connectivity index (χ2v) is 7.60. The molecule has 0 spiro atoms. The first-order valence-electron chi connectivity index (χ1n) is 10.0. The molecule has 0 aliphatic carbocycles. The number of benzene rings is 1. The summed E-state index contributed by atoms with van der Waals surface area (Å²) < 4.78 is 7.36. The predicted octanol–water partition coefficient (Wildman–Crippen LogP) is 2.47. The molecule has 8 nitrogen and oxygen atoms in total. The van der Waals surface area contributed by atoms with Gasteiger partial charge in [0, 0.05) is 31.2 Å². The molecular weight excluding hydrogens is 382 g/mol. The van der Waals surface area contributed by atoms with Crippen molar-refractivity contribution >= 4 is 17.5 Å². The number of piperidine rings is 1. The van der Waals surface area contributed by atoms with Crippen LogP contribution >= 0.6 is 0 Å². The Kier molecular flexibility index (Phi) is 5.94. The molecule has 0 radical (unpaired) electrons. The van der Waals surface area contributed by atoms with E-state index in [0.29, 0.717) is 24.5 Å². The van der Waals surface area contributed by atoms with Crippen LogP contribution in [0.3, 0.4) is 0 Å². The van der Waals surface area contributed by atoms with Gasteiger partial charge < -0.3 is 15.5 Å². The second-order valence-electron chi connectivity index (χ2n) is 7.60. The molecule has 1 aromatic carbocycles. The maximum atomic E-state index is 12.5. The molecule has 1 fully saturated rings. The fraction of sp³-hybridized carbons (Fsp3) is 0.318. The molecule has 156 valence electrons. The zero-order chi connectivity index (χ0) is 20.9. The maximum absolute atomic E-state index is 12.5. The molecule has 2 aromatic heterocycles. The Balaban J connectivity index is 1.31. The van der Waals surface area contributed by atoms with Crippen LogP contribution in [-0.2, 0) is 17.9 Å². The molecule has 4 rings (SSSR count). The highest BCUT2D eigenvalue weighted by Gasteiger charge is 2.23. The molecule has 1 aliphatic rings. The van der Waals surface area contributed by atoms with Gasteiger partial charge in [0.15, 0.2) is 5.76 Å². The van der Waals surface area contributed by atoms with Crippen LogP contribution in [0.4, 0.5) is 5.69 Å². The van der Waals surface area contributed by atoms with Gasteiger partial charge in [0.25, 0.3) is 5.91 Å². The molecule has 3 heterocycles. The summed E-state index contributed by atoms with van der Waals surface area (Å²) in [6.07, 6.45) is 5.38. The van der Waals surface area contributed by atoms with E-state index in [1.54, 1.807) is 23.0 Å². The molecule has 0 saturated carbocycles. The van der Waals surface area contributed by atoms with Crippen molar-refractivity contribution in [3.8, 4) is 0 Å². The number of rotatable bonds is 7. The van der Waals surface area contributed by atoms with E-state index in [2.05, 4.69) is 15.3 Å². The van der Waals surface area contributed by atoms with Crippen LogP contribution < -0.4 is 11.1 Å². The topological polar surface area (TPSA) is 106 Å². The van der Waals surface area contributed by atoms with Crippen LogP contribution in [0, 0.1) is 5.92 Å². The molecule has 1 saturated heterocycles. The van der Waals surface area contributed by atoms with E-state index in [4.69, 9.17) is 10.2 Å². The number of primary amides is 1. The predicted molar refractivity (Wildman–Crippen MR) is 112 cm³/mol. The van der Waals surface area contributed by atoms with Crippen LogP contribution in [-0.4, -0.2) is 39.6 Å². The van der Waals surface area contributed by atoms with Gasteiger partial charge in [0.05, 0.1) is 12.5 Å². The second kappa shape index (κ2) is 8.96. The molecule has 1 atom stereocenters. The Bertz CT molecular complexity index is 994. The fourth-order valence-corrected chi connectivity index (χ4v) is 3.71. The summed E-state index contributed by atoms with van der Waals surface area (Å²) >= 11 is 0. The van der Waals surface area contributed by atoms with Gasteiger partial charge in [-0.25, -0.2) is 0 Å². The van der Waals surface area contributed by atoms with Gasteiger partial charge in [-0.2, -0.15) is 5.10 Å². The molecule has 3 aromatic rings. The molecule has 1 unspecified atom stereocenters. The number of amides is 2. The lowest BCUT2D eigenvalue weighted by Crippen LogP contribution is -2.40. The third kappa shape index (κ3) is 4.96. The highest BCUT2D eigenvalue weighted by molar-refractivity contribution is 6.02. The van der Waals surface area contributed by atoms with Crippen molar-refractivity contribution in [3.05, 3.63) is 71.9 Å². The number of hydrogen-bond donors (Lipinski definition) is 2. The third-order valence-corrected chi connectivity index (χ3v) is 5.29. The van der Waals surface area contributed by atoms with Crippen LogP contribution in [0.15, 0.2) is 59.3 Å². The Morgan fingerprint density at radius 1 is 1.17 bits per heavy atom. The highest BCUT2D eigenvalue weighted by atomic mass is 16.4. The van der Waals surface area contributed by atoms with Crippen LogP contribution in [0.1, 0.15) is 34.7 Å². The van der Waals surface area contributed by atoms with E-state index in [9.17, 15) is 9.59 Å². The first-order valence-corrected chi connectivity index (χ1v) is 10.0. The number of nitrogens with zero attached hydrogens (tertiary/aromatic N) is 3. The molecule has 8 heteroatoms. The lowest BCUT2D eigenvalue weighted by Gasteiger charge is -2.31. The smallest absolute Gasteiger partial charge is 0.291 e. The zero-order valence-electron chi connectivity index (χ0n) is 16.7. The number of hydrogen-bond acceptors (Lipinski definition) is 5. The summed E-state index contributed by atoms with van der Waals surface area (Å²) in [5.41, 5.74) is 7.27. The van der Waals surface area contributed by atoms with E-state index < -0.39 is 0 Å². The average Bonchev–Trinajstić information content (AvgIpc) is 3.42. The SMILES string of the molecule is NC(=O)C1CCCN(Cc2ccc(NC(=O)c3ccc(Cn4cccn4)o3)cc2)C1. The number of nitrogens with two attached hydrogens (primary N) is 1. The fourth-order valence-electron chi connectivity index (χ4n) is 3.71. The van der Waals surface area contributed by atoms with Crippen LogP contribution in [0.2, 0.25) is 0 Å². The summed E-state index contributed by atoms with van der Waals surface area (Å²) in [7, 11) is 0. The van der Waals surface area contributed by atoms with E-state index in [-0.39, 0.29) is 23.5 Å². The largest absolute Gasteiger partial charge is 0.454 e. The third-order valence-electron chi connectivity index (χ3n) is 5.29. The highest BCUT2D eigenvalue weighted by Crippen LogP contribution is 2.20. The van der Waals surface area contributed by atoms with E-state index in [1.807, 2.05) is 36.5 Å². The Morgan fingerprint density at radius 3 is 2.73 bits per heavy atom. The Labute approximate surface area is 174 Å². The minimum absolute atomic E-state index is 0.0659. The average molecular weight is 407 g/mol. The van der Waals surface area contributed by atoms with Gasteiger partial charge in [-0.15, -0.1) is 0 Å². The Morgan fingerprint density at radius 2 is 2.00 bits per heavy atom. The molecule has 2 amide bonds. The number of furan rings is 1. The molecule has 1 aliphatic heterocycles. The van der Waals surface area contributed by atoms with Crippen LogP contribution in [0.5, 0.6) is 0 Å². The summed E-state index contributed by atoms with van der Waals surface area (Å²) in [6.45, 7) is 2.89. The van der Waals surface area contributed by atoms with Gasteiger partial charge in [0.1, 0.15) is 5.76 Å². The molecule has 0 bridgehead atoms. The minimum Gasteiger partial charge on any atom is -0.454 e. The number of carbonyl (C=O) groups is 2. The lowest BCUT2D eigenvalue weighted by molar-refractivity contribution is -0.123. The minimum atomic E-state index is -0.296. The summed E-state index contributed by atoms with van der Waals surface area (Å²) in [4.78, 5) is 26.1. The van der Waals surface area contributed by atoms with Gasteiger partial charge in [0.2, 0.25) is 5.91 Å².